The summed E-state index contributed by atoms with van der Waals surface area (Å²) >= 11 is 0. The summed E-state index contributed by atoms with van der Waals surface area (Å²) in [6.07, 6.45) is 0.111. The van der Waals surface area contributed by atoms with Gasteiger partial charge >= 0.3 is 23.9 Å². The smallest absolute Gasteiger partial charge is 0.307 e. The maximum atomic E-state index is 11.6. The van der Waals surface area contributed by atoms with Crippen LogP contribution in [0.25, 0.3) is 0 Å². The van der Waals surface area contributed by atoms with E-state index in [0.717, 1.165) is 0 Å². The van der Waals surface area contributed by atoms with Gasteiger partial charge in [0.15, 0.2) is 0 Å². The highest BCUT2D eigenvalue weighted by Crippen LogP contribution is 1.96. The van der Waals surface area contributed by atoms with Crippen LogP contribution in [-0.4, -0.2) is 74.8 Å². The fourth-order valence-electron chi connectivity index (χ4n) is 1.63. The maximum absolute atomic E-state index is 11.6. The molecule has 0 rings (SSSR count). The van der Waals surface area contributed by atoms with Crippen LogP contribution in [0.5, 0.6) is 0 Å². The predicted molar refractivity (Wildman–Crippen MR) is 81.9 cm³/mol. The average Bonchev–Trinajstić information content (AvgIpc) is 2.47. The van der Waals surface area contributed by atoms with Gasteiger partial charge in [-0.25, -0.2) is 0 Å². The Kier molecular flexibility index (Phi) is 12.1. The average molecular weight is 347 g/mol. The summed E-state index contributed by atoms with van der Waals surface area (Å²) in [4.78, 5) is 45.5. The van der Waals surface area contributed by atoms with Crippen molar-refractivity contribution in [1.29, 1.82) is 0 Å². The van der Waals surface area contributed by atoms with Crippen LogP contribution in [0.1, 0.15) is 27.2 Å². The Hall–Kier alpha value is -2.16. The van der Waals surface area contributed by atoms with Crippen molar-refractivity contribution in [3.05, 3.63) is 0 Å². The molecule has 0 N–H and O–H groups in total. The molecule has 0 aromatic heterocycles. The number of carbonyl (C=O) groups excluding carboxylic acids is 4. The Morgan fingerprint density at radius 2 is 1.04 bits per heavy atom. The monoisotopic (exact) mass is 347 g/mol. The molecule has 0 spiro atoms. The van der Waals surface area contributed by atoms with E-state index in [-0.39, 0.29) is 44.8 Å². The SMILES string of the molecule is CC(=O)OCCOC(=O)CCN(CCOC(C)=O)CCOC(C)=O. The van der Waals surface area contributed by atoms with Gasteiger partial charge in [0, 0.05) is 40.4 Å². The van der Waals surface area contributed by atoms with Gasteiger partial charge in [-0.3, -0.25) is 24.1 Å². The molecule has 0 heterocycles. The van der Waals surface area contributed by atoms with E-state index < -0.39 is 11.9 Å². The second kappa shape index (κ2) is 13.3. The Morgan fingerprint density at radius 3 is 1.50 bits per heavy atom. The predicted octanol–water partition coefficient (Wildman–Crippen LogP) is -0.0890. The van der Waals surface area contributed by atoms with Crippen LogP contribution in [0, 0.1) is 0 Å². The van der Waals surface area contributed by atoms with Gasteiger partial charge in [-0.05, 0) is 0 Å². The lowest BCUT2D eigenvalue weighted by atomic mass is 10.3. The molecule has 0 aromatic rings. The van der Waals surface area contributed by atoms with Crippen molar-refractivity contribution >= 4 is 23.9 Å². The lowest BCUT2D eigenvalue weighted by Crippen LogP contribution is -2.34. The van der Waals surface area contributed by atoms with Crippen LogP contribution in [0.4, 0.5) is 0 Å². The summed E-state index contributed by atoms with van der Waals surface area (Å²) in [5.41, 5.74) is 0. The van der Waals surface area contributed by atoms with Crippen molar-refractivity contribution in [2.45, 2.75) is 27.2 Å². The molecule has 0 aromatic carbocycles. The quantitative estimate of drug-likeness (QED) is 0.272. The molecule has 9 nitrogen and oxygen atoms in total. The summed E-state index contributed by atoms with van der Waals surface area (Å²) in [5, 5.41) is 0. The second-order valence-electron chi connectivity index (χ2n) is 4.83. The molecule has 0 aliphatic carbocycles. The largest absolute Gasteiger partial charge is 0.465 e. The minimum absolute atomic E-state index is 0.000686. The van der Waals surface area contributed by atoms with Gasteiger partial charge in [0.2, 0.25) is 0 Å². The number of nitrogens with zero attached hydrogens (tertiary/aromatic N) is 1. The van der Waals surface area contributed by atoms with Crippen LogP contribution in [-0.2, 0) is 38.1 Å². The first-order valence-electron chi connectivity index (χ1n) is 7.59. The molecule has 0 unspecified atom stereocenters. The third kappa shape index (κ3) is 14.8. The summed E-state index contributed by atoms with van der Waals surface area (Å²) in [6, 6.07) is 0. The molecule has 24 heavy (non-hydrogen) atoms. The molecule has 9 heteroatoms. The molecular formula is C15H25NO8. The number of carbonyl (C=O) groups is 4. The molecule has 0 aliphatic heterocycles. The highest BCUT2D eigenvalue weighted by atomic mass is 16.6. The molecule has 0 saturated carbocycles. The van der Waals surface area contributed by atoms with Crippen molar-refractivity contribution in [2.24, 2.45) is 0 Å². The Bertz CT molecular complexity index is 404. The molecular weight excluding hydrogens is 322 g/mol. The van der Waals surface area contributed by atoms with E-state index in [2.05, 4.69) is 4.74 Å². The minimum atomic E-state index is -0.438. The normalized spacial score (nSPS) is 10.2. The van der Waals surface area contributed by atoms with E-state index >= 15 is 0 Å². The maximum Gasteiger partial charge on any atom is 0.307 e. The van der Waals surface area contributed by atoms with E-state index in [1.54, 1.807) is 0 Å². The second-order valence-corrected chi connectivity index (χ2v) is 4.83. The molecule has 0 saturated heterocycles. The molecule has 0 amide bonds. The van der Waals surface area contributed by atoms with Gasteiger partial charge < -0.3 is 18.9 Å². The zero-order valence-electron chi connectivity index (χ0n) is 14.4. The van der Waals surface area contributed by atoms with Crippen molar-refractivity contribution in [2.75, 3.05) is 46.1 Å². The lowest BCUT2D eigenvalue weighted by Gasteiger charge is -2.21. The van der Waals surface area contributed by atoms with E-state index in [1.165, 1.54) is 20.8 Å². The van der Waals surface area contributed by atoms with Gasteiger partial charge in [0.05, 0.1) is 6.42 Å². The highest BCUT2D eigenvalue weighted by molar-refractivity contribution is 5.69. The Labute approximate surface area is 141 Å². The van der Waals surface area contributed by atoms with E-state index in [0.29, 0.717) is 19.6 Å². The van der Waals surface area contributed by atoms with E-state index in [4.69, 9.17) is 14.2 Å². The van der Waals surface area contributed by atoms with Crippen LogP contribution >= 0.6 is 0 Å². The summed E-state index contributed by atoms with van der Waals surface area (Å²) in [7, 11) is 0. The first kappa shape index (κ1) is 21.8. The fraction of sp³-hybridized carbons (Fsp3) is 0.733. The zero-order chi connectivity index (χ0) is 18.4. The molecule has 0 radical (unpaired) electrons. The van der Waals surface area contributed by atoms with Crippen LogP contribution < -0.4 is 0 Å². The number of ether oxygens (including phenoxy) is 4. The standard InChI is InChI=1S/C15H25NO8/c1-12(17)21-8-6-16(7-9-22-13(2)18)5-4-15(20)24-11-10-23-14(3)19/h4-11H2,1-3H3. The van der Waals surface area contributed by atoms with Crippen LogP contribution in [0.2, 0.25) is 0 Å². The van der Waals surface area contributed by atoms with Crippen molar-refractivity contribution in [3.63, 3.8) is 0 Å². The van der Waals surface area contributed by atoms with Crippen LogP contribution in [0.15, 0.2) is 0 Å². The molecule has 0 atom stereocenters. The van der Waals surface area contributed by atoms with Crippen molar-refractivity contribution in [3.8, 4) is 0 Å². The highest BCUT2D eigenvalue weighted by Gasteiger charge is 2.11. The van der Waals surface area contributed by atoms with Gasteiger partial charge in [-0.1, -0.05) is 0 Å². The molecule has 138 valence electrons. The van der Waals surface area contributed by atoms with Crippen molar-refractivity contribution in [1.82, 2.24) is 4.90 Å². The summed E-state index contributed by atoms with van der Waals surface area (Å²) in [6.45, 7) is 5.42. The van der Waals surface area contributed by atoms with E-state index in [1.807, 2.05) is 4.90 Å². The number of esters is 4. The summed E-state index contributed by atoms with van der Waals surface area (Å²) < 4.78 is 19.3. The minimum Gasteiger partial charge on any atom is -0.465 e. The van der Waals surface area contributed by atoms with Gasteiger partial charge in [0.1, 0.15) is 26.4 Å². The Morgan fingerprint density at radius 1 is 0.625 bits per heavy atom. The Balaban J connectivity index is 4.06. The third-order valence-corrected chi connectivity index (χ3v) is 2.71. The number of hydrogen-bond acceptors (Lipinski definition) is 9. The topological polar surface area (TPSA) is 108 Å². The van der Waals surface area contributed by atoms with Crippen LogP contribution in [0.3, 0.4) is 0 Å². The van der Waals surface area contributed by atoms with Gasteiger partial charge in [0.25, 0.3) is 0 Å². The first-order chi connectivity index (χ1) is 11.3. The van der Waals surface area contributed by atoms with Gasteiger partial charge in [-0.2, -0.15) is 0 Å². The number of hydrogen-bond donors (Lipinski definition) is 0. The lowest BCUT2D eigenvalue weighted by molar-refractivity contribution is -0.151. The summed E-state index contributed by atoms with van der Waals surface area (Å²) in [5.74, 6) is -1.65. The molecule has 0 bridgehead atoms. The molecule has 0 aliphatic rings. The molecule has 0 fully saturated rings. The first-order valence-corrected chi connectivity index (χ1v) is 7.59. The third-order valence-electron chi connectivity index (χ3n) is 2.71. The zero-order valence-corrected chi connectivity index (χ0v) is 14.4. The van der Waals surface area contributed by atoms with E-state index in [9.17, 15) is 19.2 Å². The fourth-order valence-corrected chi connectivity index (χ4v) is 1.63. The van der Waals surface area contributed by atoms with Gasteiger partial charge in [-0.15, -0.1) is 0 Å². The van der Waals surface area contributed by atoms with Crippen molar-refractivity contribution < 1.29 is 38.1 Å². The number of rotatable bonds is 12.